The van der Waals surface area contributed by atoms with Crippen LogP contribution in [0.1, 0.15) is 23.1 Å². The number of hydrogen-bond acceptors (Lipinski definition) is 3. The molecular formula is C9H9ClF2N2O2. The van der Waals surface area contributed by atoms with Gasteiger partial charge in [0.15, 0.2) is 0 Å². The number of carboxylic acid groups (broad SMARTS) is 1. The highest BCUT2D eigenvalue weighted by molar-refractivity contribution is 6.17. The SMILES string of the molecule is Nc1ncc(CC(=O)O)c(CCl)c1C(F)F. The van der Waals surface area contributed by atoms with Crippen molar-refractivity contribution in [3.05, 3.63) is 22.9 Å². The molecule has 0 saturated carbocycles. The summed E-state index contributed by atoms with van der Waals surface area (Å²) in [5, 5.41) is 8.60. The third kappa shape index (κ3) is 2.57. The Labute approximate surface area is 95.0 Å². The average Bonchev–Trinajstić information content (AvgIpc) is 2.18. The molecule has 3 N–H and O–H groups in total. The van der Waals surface area contributed by atoms with E-state index in [1.54, 1.807) is 0 Å². The summed E-state index contributed by atoms with van der Waals surface area (Å²) < 4.78 is 25.3. The van der Waals surface area contributed by atoms with Crippen molar-refractivity contribution in [1.29, 1.82) is 0 Å². The van der Waals surface area contributed by atoms with E-state index in [1.807, 2.05) is 0 Å². The molecule has 0 atom stereocenters. The Hall–Kier alpha value is -1.43. The van der Waals surface area contributed by atoms with Crippen molar-refractivity contribution in [3.63, 3.8) is 0 Å². The van der Waals surface area contributed by atoms with E-state index < -0.39 is 24.4 Å². The maximum atomic E-state index is 12.7. The van der Waals surface area contributed by atoms with Gasteiger partial charge in [0.05, 0.1) is 12.0 Å². The molecule has 0 amide bonds. The van der Waals surface area contributed by atoms with Gasteiger partial charge in [0.25, 0.3) is 6.43 Å². The first kappa shape index (κ1) is 12.6. The summed E-state index contributed by atoms with van der Waals surface area (Å²) in [6, 6.07) is 0. The monoisotopic (exact) mass is 250 g/mol. The molecule has 0 fully saturated rings. The van der Waals surface area contributed by atoms with Crippen molar-refractivity contribution in [2.75, 3.05) is 5.73 Å². The highest BCUT2D eigenvalue weighted by Crippen LogP contribution is 2.30. The van der Waals surface area contributed by atoms with Crippen molar-refractivity contribution in [2.24, 2.45) is 0 Å². The predicted molar refractivity (Wildman–Crippen MR) is 54.5 cm³/mol. The fourth-order valence-corrected chi connectivity index (χ4v) is 1.65. The molecule has 0 aromatic carbocycles. The summed E-state index contributed by atoms with van der Waals surface area (Å²) >= 11 is 5.53. The lowest BCUT2D eigenvalue weighted by molar-refractivity contribution is -0.136. The zero-order valence-electron chi connectivity index (χ0n) is 8.08. The summed E-state index contributed by atoms with van der Waals surface area (Å²) in [5.74, 6) is -1.69. The second kappa shape index (κ2) is 5.07. The van der Waals surface area contributed by atoms with Crippen LogP contribution in [0.15, 0.2) is 6.20 Å². The Bertz CT molecular complexity index is 413. The largest absolute Gasteiger partial charge is 0.481 e. The number of carbonyl (C=O) groups is 1. The molecule has 1 rings (SSSR count). The van der Waals surface area contributed by atoms with Crippen molar-refractivity contribution < 1.29 is 18.7 Å². The molecule has 0 spiro atoms. The van der Waals surface area contributed by atoms with Gasteiger partial charge < -0.3 is 10.8 Å². The highest BCUT2D eigenvalue weighted by Gasteiger charge is 2.21. The van der Waals surface area contributed by atoms with Gasteiger partial charge in [-0.05, 0) is 11.1 Å². The smallest absolute Gasteiger partial charge is 0.307 e. The Morgan fingerprint density at radius 3 is 2.69 bits per heavy atom. The van der Waals surface area contributed by atoms with Crippen LogP contribution < -0.4 is 5.73 Å². The van der Waals surface area contributed by atoms with Gasteiger partial charge >= 0.3 is 5.97 Å². The first-order valence-corrected chi connectivity index (χ1v) is 4.82. The second-order valence-electron chi connectivity index (χ2n) is 3.07. The number of nitrogens with two attached hydrogens (primary N) is 1. The third-order valence-electron chi connectivity index (χ3n) is 2.04. The van der Waals surface area contributed by atoms with Gasteiger partial charge in [0.2, 0.25) is 0 Å². The number of carboxylic acids is 1. The fraction of sp³-hybridized carbons (Fsp3) is 0.333. The fourth-order valence-electron chi connectivity index (χ4n) is 1.34. The lowest BCUT2D eigenvalue weighted by Gasteiger charge is -2.12. The predicted octanol–water partition coefficient (Wildman–Crippen LogP) is 1.97. The van der Waals surface area contributed by atoms with Gasteiger partial charge in [-0.15, -0.1) is 11.6 Å². The van der Waals surface area contributed by atoms with Crippen LogP contribution in [0.5, 0.6) is 0 Å². The third-order valence-corrected chi connectivity index (χ3v) is 2.31. The van der Waals surface area contributed by atoms with E-state index in [-0.39, 0.29) is 22.8 Å². The molecule has 4 nitrogen and oxygen atoms in total. The topological polar surface area (TPSA) is 76.2 Å². The van der Waals surface area contributed by atoms with E-state index in [9.17, 15) is 13.6 Å². The zero-order chi connectivity index (χ0) is 12.3. The number of pyridine rings is 1. The summed E-state index contributed by atoms with van der Waals surface area (Å²) in [4.78, 5) is 14.1. The minimum absolute atomic E-state index is 0.0477. The number of nitrogens with zero attached hydrogens (tertiary/aromatic N) is 1. The molecular weight excluding hydrogens is 242 g/mol. The number of alkyl halides is 3. The van der Waals surface area contributed by atoms with Gasteiger partial charge in [-0.2, -0.15) is 0 Å². The van der Waals surface area contributed by atoms with E-state index in [1.165, 1.54) is 0 Å². The number of nitrogen functional groups attached to an aromatic ring is 1. The maximum absolute atomic E-state index is 12.7. The first-order chi connectivity index (χ1) is 7.47. The van der Waals surface area contributed by atoms with Gasteiger partial charge in [-0.25, -0.2) is 13.8 Å². The highest BCUT2D eigenvalue weighted by atomic mass is 35.5. The van der Waals surface area contributed by atoms with E-state index in [4.69, 9.17) is 22.4 Å². The van der Waals surface area contributed by atoms with Crippen LogP contribution in [0.2, 0.25) is 0 Å². The number of hydrogen-bond donors (Lipinski definition) is 2. The standard InChI is InChI=1S/C9H9ClF2N2O2/c10-2-5-4(1-6(15)16)3-14-9(13)7(5)8(11)12/h3,8H,1-2H2,(H2,13,14)(H,15,16). The molecule has 0 aliphatic rings. The number of anilines is 1. The summed E-state index contributed by atoms with van der Waals surface area (Å²) in [6.45, 7) is 0. The maximum Gasteiger partial charge on any atom is 0.307 e. The van der Waals surface area contributed by atoms with Crippen LogP contribution in [0.3, 0.4) is 0 Å². The summed E-state index contributed by atoms with van der Waals surface area (Å²) in [7, 11) is 0. The number of aliphatic carboxylic acids is 1. The summed E-state index contributed by atoms with van der Waals surface area (Å²) in [6.07, 6.45) is -2.07. The van der Waals surface area contributed by atoms with Crippen LogP contribution in [-0.2, 0) is 17.1 Å². The van der Waals surface area contributed by atoms with Crippen LogP contribution >= 0.6 is 11.6 Å². The van der Waals surface area contributed by atoms with Crippen LogP contribution in [0.4, 0.5) is 14.6 Å². The van der Waals surface area contributed by atoms with Crippen LogP contribution in [-0.4, -0.2) is 16.1 Å². The van der Waals surface area contributed by atoms with Crippen molar-refractivity contribution in [3.8, 4) is 0 Å². The molecule has 16 heavy (non-hydrogen) atoms. The summed E-state index contributed by atoms with van der Waals surface area (Å²) in [5.41, 5.74) is 5.03. The van der Waals surface area contributed by atoms with E-state index in [2.05, 4.69) is 4.98 Å². The lowest BCUT2D eigenvalue weighted by atomic mass is 10.0. The van der Waals surface area contributed by atoms with Crippen LogP contribution in [0, 0.1) is 0 Å². The minimum atomic E-state index is -2.82. The minimum Gasteiger partial charge on any atom is -0.481 e. The molecule has 1 aromatic heterocycles. The molecule has 0 saturated heterocycles. The normalized spacial score (nSPS) is 10.8. The molecule has 1 aromatic rings. The number of aromatic nitrogens is 1. The second-order valence-corrected chi connectivity index (χ2v) is 3.33. The number of rotatable bonds is 4. The molecule has 7 heteroatoms. The first-order valence-electron chi connectivity index (χ1n) is 4.29. The molecule has 0 radical (unpaired) electrons. The van der Waals surface area contributed by atoms with Gasteiger partial charge in [0.1, 0.15) is 5.82 Å². The van der Waals surface area contributed by atoms with Gasteiger partial charge in [0, 0.05) is 12.1 Å². The zero-order valence-corrected chi connectivity index (χ0v) is 8.84. The van der Waals surface area contributed by atoms with E-state index in [0.29, 0.717) is 0 Å². The quantitative estimate of drug-likeness (QED) is 0.801. The molecule has 0 unspecified atom stereocenters. The molecule has 0 aliphatic heterocycles. The van der Waals surface area contributed by atoms with Crippen molar-refractivity contribution >= 4 is 23.4 Å². The lowest BCUT2D eigenvalue weighted by Crippen LogP contribution is -2.09. The van der Waals surface area contributed by atoms with Gasteiger partial charge in [-0.3, -0.25) is 4.79 Å². The van der Waals surface area contributed by atoms with Crippen molar-refractivity contribution in [2.45, 2.75) is 18.7 Å². The number of halogens is 3. The Balaban J connectivity index is 3.30. The van der Waals surface area contributed by atoms with Crippen molar-refractivity contribution in [1.82, 2.24) is 4.98 Å². The van der Waals surface area contributed by atoms with Gasteiger partial charge in [-0.1, -0.05) is 0 Å². The molecule has 88 valence electrons. The molecule has 0 bridgehead atoms. The van der Waals surface area contributed by atoms with E-state index in [0.717, 1.165) is 6.20 Å². The van der Waals surface area contributed by atoms with Crippen LogP contribution in [0.25, 0.3) is 0 Å². The Kier molecular flexibility index (Phi) is 4.00. The Morgan fingerprint density at radius 2 is 2.25 bits per heavy atom. The Morgan fingerprint density at radius 1 is 1.62 bits per heavy atom. The molecule has 1 heterocycles. The molecule has 0 aliphatic carbocycles. The van der Waals surface area contributed by atoms with E-state index >= 15 is 0 Å². The average molecular weight is 251 g/mol.